The van der Waals surface area contributed by atoms with E-state index in [4.69, 9.17) is 9.73 Å². The summed E-state index contributed by atoms with van der Waals surface area (Å²) in [5.74, 6) is 0.642. The average molecular weight is 463 g/mol. The lowest BCUT2D eigenvalue weighted by Gasteiger charge is -2.23. The molecule has 0 aromatic heterocycles. The van der Waals surface area contributed by atoms with E-state index >= 15 is 0 Å². The van der Waals surface area contributed by atoms with E-state index in [1.165, 1.54) is 13.8 Å². The minimum atomic E-state index is -1.29. The molecule has 6 heteroatoms. The van der Waals surface area contributed by atoms with Gasteiger partial charge in [0.25, 0.3) is 5.91 Å². The van der Waals surface area contributed by atoms with Crippen LogP contribution in [0.15, 0.2) is 53.5 Å². The Morgan fingerprint density at radius 1 is 1.06 bits per heavy atom. The molecule has 1 saturated carbocycles. The van der Waals surface area contributed by atoms with Crippen molar-refractivity contribution in [1.82, 2.24) is 4.90 Å². The van der Waals surface area contributed by atoms with Gasteiger partial charge in [0.2, 0.25) is 0 Å². The van der Waals surface area contributed by atoms with Crippen molar-refractivity contribution in [1.29, 1.82) is 0 Å². The van der Waals surface area contributed by atoms with Gasteiger partial charge in [-0.25, -0.2) is 4.79 Å². The predicted octanol–water partition coefficient (Wildman–Crippen LogP) is 5.84. The zero-order valence-corrected chi connectivity index (χ0v) is 20.3. The highest BCUT2D eigenvalue weighted by atomic mass is 16.5. The third kappa shape index (κ3) is 4.86. The molecule has 1 aliphatic carbocycles. The lowest BCUT2D eigenvalue weighted by atomic mass is 9.98. The van der Waals surface area contributed by atoms with Gasteiger partial charge in [-0.3, -0.25) is 14.7 Å². The van der Waals surface area contributed by atoms with Gasteiger partial charge in [0, 0.05) is 6.42 Å². The highest BCUT2D eigenvalue weighted by molar-refractivity contribution is 6.08. The molecule has 0 unspecified atom stereocenters. The van der Waals surface area contributed by atoms with Gasteiger partial charge in [0.05, 0.1) is 6.54 Å². The summed E-state index contributed by atoms with van der Waals surface area (Å²) in [5, 5.41) is 9.24. The number of carbonyl (C=O) groups excluding carboxylic acids is 1. The van der Waals surface area contributed by atoms with E-state index in [9.17, 15) is 14.7 Å². The van der Waals surface area contributed by atoms with Crippen LogP contribution in [0.2, 0.25) is 0 Å². The van der Waals surface area contributed by atoms with E-state index in [-0.39, 0.29) is 5.91 Å². The largest absolute Gasteiger partial charge is 0.478 e. The van der Waals surface area contributed by atoms with Crippen molar-refractivity contribution < 1.29 is 19.4 Å². The fourth-order valence-electron chi connectivity index (χ4n) is 4.74. The fraction of sp³-hybridized carbons (Fsp3) is 0.464. The number of carboxylic acids is 1. The number of unbranched alkanes of at least 4 members (excludes halogenated alkanes) is 1. The summed E-state index contributed by atoms with van der Waals surface area (Å²) in [4.78, 5) is 31.5. The molecule has 6 nitrogen and oxygen atoms in total. The second-order valence-corrected chi connectivity index (χ2v) is 9.90. The number of hydrogen-bond donors (Lipinski definition) is 1. The van der Waals surface area contributed by atoms with Gasteiger partial charge in [-0.05, 0) is 61.9 Å². The number of hydrogen-bond acceptors (Lipinski definition) is 4. The second-order valence-electron chi connectivity index (χ2n) is 9.90. The van der Waals surface area contributed by atoms with Gasteiger partial charge in [-0.2, -0.15) is 0 Å². The SMILES string of the molecule is CCCCC1=NC2(CCCC2)C(=O)N1Cc1ccc(-c2ccc(OC(C)(C)C(=O)O)cc2)cc1. The number of aliphatic imine (C=N–C) groups is 1. The van der Waals surface area contributed by atoms with Crippen molar-refractivity contribution in [2.45, 2.75) is 83.4 Å². The molecule has 1 N–H and O–H groups in total. The van der Waals surface area contributed by atoms with Crippen LogP contribution in [0.4, 0.5) is 0 Å². The first kappa shape index (κ1) is 24.0. The molecule has 0 saturated heterocycles. The molecule has 1 heterocycles. The van der Waals surface area contributed by atoms with Crippen LogP contribution in [0.25, 0.3) is 11.1 Å². The van der Waals surface area contributed by atoms with Gasteiger partial charge in [0.1, 0.15) is 17.1 Å². The van der Waals surface area contributed by atoms with Crippen LogP contribution in [-0.2, 0) is 16.1 Å². The number of benzene rings is 2. The summed E-state index contributed by atoms with van der Waals surface area (Å²) in [5.41, 5.74) is 1.36. The Morgan fingerprint density at radius 2 is 1.65 bits per heavy atom. The summed E-state index contributed by atoms with van der Waals surface area (Å²) in [7, 11) is 0. The Labute approximate surface area is 201 Å². The van der Waals surface area contributed by atoms with Gasteiger partial charge >= 0.3 is 5.97 Å². The number of aliphatic carboxylic acids is 1. The highest BCUT2D eigenvalue weighted by Gasteiger charge is 2.49. The molecule has 2 aliphatic rings. The summed E-state index contributed by atoms with van der Waals surface area (Å²) >= 11 is 0. The molecule has 0 bridgehead atoms. The molecule has 4 rings (SSSR count). The van der Waals surface area contributed by atoms with Crippen molar-refractivity contribution in [3.63, 3.8) is 0 Å². The molecular weight excluding hydrogens is 428 g/mol. The topological polar surface area (TPSA) is 79.2 Å². The highest BCUT2D eigenvalue weighted by Crippen LogP contribution is 2.40. The predicted molar refractivity (Wildman–Crippen MR) is 133 cm³/mol. The first-order valence-electron chi connectivity index (χ1n) is 12.3. The van der Waals surface area contributed by atoms with Gasteiger partial charge in [-0.1, -0.05) is 62.6 Å². The Morgan fingerprint density at radius 3 is 2.21 bits per heavy atom. The van der Waals surface area contributed by atoms with Gasteiger partial charge in [0.15, 0.2) is 5.60 Å². The zero-order chi connectivity index (χ0) is 24.3. The van der Waals surface area contributed by atoms with Crippen LogP contribution < -0.4 is 4.74 Å². The molecular formula is C28H34N2O4. The van der Waals surface area contributed by atoms with Crippen LogP contribution in [0.1, 0.15) is 71.3 Å². The number of rotatable bonds is 9. The molecule has 1 amide bonds. The number of carboxylic acid groups (broad SMARTS) is 1. The number of amides is 1. The first-order valence-corrected chi connectivity index (χ1v) is 12.3. The average Bonchev–Trinajstić information content (AvgIpc) is 3.39. The summed E-state index contributed by atoms with van der Waals surface area (Å²) in [6, 6.07) is 15.7. The van der Waals surface area contributed by atoms with Crippen molar-refractivity contribution in [3.8, 4) is 16.9 Å². The molecule has 2 aromatic carbocycles. The van der Waals surface area contributed by atoms with Crippen molar-refractivity contribution in [2.24, 2.45) is 4.99 Å². The Balaban J connectivity index is 1.46. The van der Waals surface area contributed by atoms with Gasteiger partial charge < -0.3 is 9.84 Å². The van der Waals surface area contributed by atoms with Crippen molar-refractivity contribution in [2.75, 3.05) is 0 Å². The lowest BCUT2D eigenvalue weighted by Crippen LogP contribution is -2.40. The maximum atomic E-state index is 13.3. The van der Waals surface area contributed by atoms with Crippen LogP contribution in [0.3, 0.4) is 0 Å². The molecule has 180 valence electrons. The number of ether oxygens (including phenoxy) is 1. The molecule has 2 aromatic rings. The van der Waals surface area contributed by atoms with E-state index in [2.05, 4.69) is 31.2 Å². The first-order chi connectivity index (χ1) is 16.2. The molecule has 0 radical (unpaired) electrons. The van der Waals surface area contributed by atoms with E-state index in [0.717, 1.165) is 67.5 Å². The quantitative estimate of drug-likeness (QED) is 0.508. The molecule has 1 fully saturated rings. The maximum absolute atomic E-state index is 13.3. The van der Waals surface area contributed by atoms with E-state index < -0.39 is 17.1 Å². The number of nitrogens with zero attached hydrogens (tertiary/aromatic N) is 2. The molecule has 34 heavy (non-hydrogen) atoms. The maximum Gasteiger partial charge on any atom is 0.347 e. The molecule has 1 spiro atoms. The Hall–Kier alpha value is -3.15. The summed E-state index contributed by atoms with van der Waals surface area (Å²) in [6.07, 6.45) is 6.89. The Bertz CT molecular complexity index is 1060. The van der Waals surface area contributed by atoms with Crippen LogP contribution in [0, 0.1) is 0 Å². The molecule has 1 aliphatic heterocycles. The van der Waals surface area contributed by atoms with E-state index in [1.807, 2.05) is 17.0 Å². The normalized spacial score (nSPS) is 17.3. The molecule has 0 atom stereocenters. The zero-order valence-electron chi connectivity index (χ0n) is 20.3. The van der Waals surface area contributed by atoms with Crippen molar-refractivity contribution >= 4 is 17.7 Å². The number of carbonyl (C=O) groups is 2. The summed E-state index contributed by atoms with van der Waals surface area (Å²) < 4.78 is 5.59. The van der Waals surface area contributed by atoms with E-state index in [1.54, 1.807) is 12.1 Å². The van der Waals surface area contributed by atoms with Gasteiger partial charge in [-0.15, -0.1) is 0 Å². The van der Waals surface area contributed by atoms with Crippen molar-refractivity contribution in [3.05, 3.63) is 54.1 Å². The number of amidine groups is 1. The minimum Gasteiger partial charge on any atom is -0.478 e. The standard InChI is InChI=1S/C28H34N2O4/c1-4-5-8-24-29-28(17-6-7-18-28)25(31)30(24)19-20-9-11-21(12-10-20)22-13-15-23(16-14-22)34-27(2,3)26(32)33/h9-16H,4-8,17-19H2,1-3H3,(H,32,33). The van der Waals surface area contributed by atoms with Crippen LogP contribution >= 0.6 is 0 Å². The minimum absolute atomic E-state index is 0.181. The fourth-order valence-corrected chi connectivity index (χ4v) is 4.74. The third-order valence-electron chi connectivity index (χ3n) is 6.85. The second kappa shape index (κ2) is 9.61. The third-order valence-corrected chi connectivity index (χ3v) is 6.85. The van der Waals surface area contributed by atoms with Crippen LogP contribution in [-0.4, -0.2) is 38.9 Å². The summed E-state index contributed by atoms with van der Waals surface area (Å²) in [6.45, 7) is 5.78. The Kier molecular flexibility index (Phi) is 6.78. The van der Waals surface area contributed by atoms with Crippen LogP contribution in [0.5, 0.6) is 5.75 Å². The lowest BCUT2D eigenvalue weighted by molar-refractivity contribution is -0.152. The van der Waals surface area contributed by atoms with E-state index in [0.29, 0.717) is 12.3 Å². The monoisotopic (exact) mass is 462 g/mol. The smallest absolute Gasteiger partial charge is 0.347 e.